The highest BCUT2D eigenvalue weighted by Gasteiger charge is 2.01. The fourth-order valence-corrected chi connectivity index (χ4v) is 0.972. The molecular formula is C5H6N2O2S. The lowest BCUT2D eigenvalue weighted by atomic mass is 10.5. The number of ether oxygens (including phenoxy) is 1. The first-order chi connectivity index (χ1) is 4.68. The van der Waals surface area contributed by atoms with Crippen molar-refractivity contribution in [2.24, 2.45) is 5.73 Å². The second kappa shape index (κ2) is 2.66. The fraction of sp³-hybridized carbons (Fsp3) is 0.200. The van der Waals surface area contributed by atoms with E-state index >= 15 is 0 Å². The first-order valence-electron chi connectivity index (χ1n) is 2.59. The Morgan fingerprint density at radius 1 is 1.90 bits per heavy atom. The SMILES string of the molecule is Cc1cc(OC(N)=O)ns1. The van der Waals surface area contributed by atoms with Crippen molar-refractivity contribution in [3.8, 4) is 5.88 Å². The van der Waals surface area contributed by atoms with Crippen LogP contribution in [-0.4, -0.2) is 10.5 Å². The van der Waals surface area contributed by atoms with Gasteiger partial charge in [0.25, 0.3) is 0 Å². The molecule has 0 atom stereocenters. The lowest BCUT2D eigenvalue weighted by Crippen LogP contribution is -2.16. The normalized spacial score (nSPS) is 9.30. The molecule has 0 saturated carbocycles. The van der Waals surface area contributed by atoms with Gasteiger partial charge >= 0.3 is 6.09 Å². The highest BCUT2D eigenvalue weighted by Crippen LogP contribution is 2.14. The maximum atomic E-state index is 10.1. The summed E-state index contributed by atoms with van der Waals surface area (Å²) >= 11 is 1.26. The largest absolute Gasteiger partial charge is 0.411 e. The molecule has 0 fully saturated rings. The summed E-state index contributed by atoms with van der Waals surface area (Å²) in [4.78, 5) is 11.1. The van der Waals surface area contributed by atoms with Gasteiger partial charge in [0.1, 0.15) is 0 Å². The van der Waals surface area contributed by atoms with E-state index in [-0.39, 0.29) is 5.88 Å². The van der Waals surface area contributed by atoms with Crippen LogP contribution in [0.2, 0.25) is 0 Å². The van der Waals surface area contributed by atoms with E-state index in [2.05, 4.69) is 9.11 Å². The maximum absolute atomic E-state index is 10.1. The Morgan fingerprint density at radius 3 is 3.00 bits per heavy atom. The van der Waals surface area contributed by atoms with Crippen LogP contribution >= 0.6 is 11.5 Å². The first kappa shape index (κ1) is 7.01. The Hall–Kier alpha value is -1.10. The molecule has 1 aromatic heterocycles. The molecule has 0 radical (unpaired) electrons. The summed E-state index contributed by atoms with van der Waals surface area (Å²) in [6, 6.07) is 1.65. The van der Waals surface area contributed by atoms with Crippen LogP contribution < -0.4 is 10.5 Å². The summed E-state index contributed by atoms with van der Waals surface area (Å²) < 4.78 is 8.25. The van der Waals surface area contributed by atoms with Gasteiger partial charge in [-0.3, -0.25) is 0 Å². The molecule has 0 aliphatic carbocycles. The zero-order valence-corrected chi connectivity index (χ0v) is 6.14. The van der Waals surface area contributed by atoms with Gasteiger partial charge in [0.2, 0.25) is 5.88 Å². The van der Waals surface area contributed by atoms with Gasteiger partial charge in [-0.1, -0.05) is 0 Å². The van der Waals surface area contributed by atoms with Gasteiger partial charge < -0.3 is 10.5 Å². The van der Waals surface area contributed by atoms with E-state index in [0.717, 1.165) is 4.88 Å². The molecule has 54 valence electrons. The number of amides is 1. The monoisotopic (exact) mass is 158 g/mol. The van der Waals surface area contributed by atoms with Crippen LogP contribution in [0.5, 0.6) is 5.88 Å². The minimum absolute atomic E-state index is 0.273. The zero-order valence-electron chi connectivity index (χ0n) is 5.33. The second-order valence-corrected chi connectivity index (χ2v) is 2.71. The maximum Gasteiger partial charge on any atom is 0.411 e. The topological polar surface area (TPSA) is 65.2 Å². The summed E-state index contributed by atoms with van der Waals surface area (Å²) in [6.45, 7) is 1.87. The number of hydrogen-bond acceptors (Lipinski definition) is 4. The summed E-state index contributed by atoms with van der Waals surface area (Å²) in [5.41, 5.74) is 4.74. The van der Waals surface area contributed by atoms with Gasteiger partial charge in [-0.05, 0) is 18.5 Å². The molecule has 4 nitrogen and oxygen atoms in total. The van der Waals surface area contributed by atoms with Crippen LogP contribution in [0, 0.1) is 6.92 Å². The molecule has 10 heavy (non-hydrogen) atoms. The van der Waals surface area contributed by atoms with E-state index in [0.29, 0.717) is 0 Å². The van der Waals surface area contributed by atoms with Gasteiger partial charge in [-0.15, -0.1) is 0 Å². The number of nitrogens with two attached hydrogens (primary N) is 1. The van der Waals surface area contributed by atoms with Crippen molar-refractivity contribution in [1.82, 2.24) is 4.37 Å². The van der Waals surface area contributed by atoms with Gasteiger partial charge in [0, 0.05) is 10.9 Å². The molecule has 0 saturated heterocycles. The number of rotatable bonds is 1. The number of carbonyl (C=O) groups is 1. The van der Waals surface area contributed by atoms with Crippen LogP contribution in [0.15, 0.2) is 6.07 Å². The second-order valence-electron chi connectivity index (χ2n) is 1.70. The number of carbonyl (C=O) groups excluding carboxylic acids is 1. The molecular weight excluding hydrogens is 152 g/mol. The van der Waals surface area contributed by atoms with Crippen LogP contribution in [0.4, 0.5) is 4.79 Å². The summed E-state index contributed by atoms with van der Waals surface area (Å²) in [7, 11) is 0. The third-order valence-electron chi connectivity index (χ3n) is 0.812. The average Bonchev–Trinajstić information content (AvgIpc) is 2.13. The van der Waals surface area contributed by atoms with Crippen molar-refractivity contribution in [3.63, 3.8) is 0 Å². The van der Waals surface area contributed by atoms with Crippen LogP contribution in [0.3, 0.4) is 0 Å². The van der Waals surface area contributed by atoms with Crippen molar-refractivity contribution in [3.05, 3.63) is 10.9 Å². The van der Waals surface area contributed by atoms with E-state index in [9.17, 15) is 4.79 Å². The summed E-state index contributed by atoms with van der Waals surface area (Å²) in [5.74, 6) is 0.273. The van der Waals surface area contributed by atoms with Crippen molar-refractivity contribution in [1.29, 1.82) is 0 Å². The Balaban J connectivity index is 2.67. The molecule has 0 bridgehead atoms. The standard InChI is InChI=1S/C5H6N2O2S/c1-3-2-4(7-10-3)9-5(6)8/h2H,1H3,(H2,6,8). The van der Waals surface area contributed by atoms with E-state index in [1.807, 2.05) is 6.92 Å². The lowest BCUT2D eigenvalue weighted by molar-refractivity contribution is 0.209. The molecule has 1 rings (SSSR count). The van der Waals surface area contributed by atoms with Gasteiger partial charge in [-0.2, -0.15) is 4.37 Å². The predicted molar refractivity (Wildman–Crippen MR) is 37.1 cm³/mol. The molecule has 0 unspecified atom stereocenters. The molecule has 0 spiro atoms. The van der Waals surface area contributed by atoms with Crippen LogP contribution in [0.25, 0.3) is 0 Å². The van der Waals surface area contributed by atoms with Crippen molar-refractivity contribution >= 4 is 17.6 Å². The third kappa shape index (κ3) is 1.70. The third-order valence-corrected chi connectivity index (χ3v) is 1.49. The minimum atomic E-state index is -0.828. The predicted octanol–water partition coefficient (Wildman–Crippen LogP) is 0.909. The Labute approximate surface area is 61.8 Å². The van der Waals surface area contributed by atoms with Gasteiger partial charge in [0.15, 0.2) is 0 Å². The molecule has 1 amide bonds. The molecule has 0 aliphatic rings. The molecule has 1 aromatic rings. The molecule has 0 aliphatic heterocycles. The molecule has 1 heterocycles. The number of hydrogen-bond donors (Lipinski definition) is 1. The molecule has 2 N–H and O–H groups in total. The quantitative estimate of drug-likeness (QED) is 0.660. The van der Waals surface area contributed by atoms with Gasteiger partial charge in [-0.25, -0.2) is 4.79 Å². The van der Waals surface area contributed by atoms with E-state index in [1.165, 1.54) is 11.5 Å². The highest BCUT2D eigenvalue weighted by atomic mass is 32.1. The van der Waals surface area contributed by atoms with E-state index in [1.54, 1.807) is 6.07 Å². The smallest absolute Gasteiger partial charge is 0.390 e. The van der Waals surface area contributed by atoms with Crippen molar-refractivity contribution in [2.75, 3.05) is 0 Å². The number of primary amides is 1. The minimum Gasteiger partial charge on any atom is -0.390 e. The Morgan fingerprint density at radius 2 is 2.60 bits per heavy atom. The van der Waals surface area contributed by atoms with E-state index < -0.39 is 6.09 Å². The summed E-state index contributed by atoms with van der Waals surface area (Å²) in [6.07, 6.45) is -0.828. The number of aryl methyl sites for hydroxylation is 1. The van der Waals surface area contributed by atoms with E-state index in [4.69, 9.17) is 5.73 Å². The number of nitrogens with zero attached hydrogens (tertiary/aromatic N) is 1. The van der Waals surface area contributed by atoms with Gasteiger partial charge in [0.05, 0.1) is 0 Å². The Kier molecular flexibility index (Phi) is 1.86. The fourth-order valence-electron chi connectivity index (χ4n) is 0.495. The summed E-state index contributed by atoms with van der Waals surface area (Å²) in [5, 5.41) is 0. The first-order valence-corrected chi connectivity index (χ1v) is 3.36. The zero-order chi connectivity index (χ0) is 7.56. The van der Waals surface area contributed by atoms with Crippen molar-refractivity contribution in [2.45, 2.75) is 6.92 Å². The van der Waals surface area contributed by atoms with Crippen LogP contribution in [-0.2, 0) is 0 Å². The lowest BCUT2D eigenvalue weighted by Gasteiger charge is -1.90. The molecule has 5 heteroatoms. The average molecular weight is 158 g/mol. The Bertz CT molecular complexity index is 246. The molecule has 0 aromatic carbocycles. The van der Waals surface area contributed by atoms with Crippen molar-refractivity contribution < 1.29 is 9.53 Å². The number of aromatic nitrogens is 1. The van der Waals surface area contributed by atoms with Crippen LogP contribution in [0.1, 0.15) is 4.88 Å². The highest BCUT2D eigenvalue weighted by molar-refractivity contribution is 7.05.